The number of nitrogens with zero attached hydrogens (tertiary/aromatic N) is 4. The lowest BCUT2D eigenvalue weighted by molar-refractivity contribution is 0.183. The smallest absolute Gasteiger partial charge is 0.315 e. The quantitative estimate of drug-likeness (QED) is 0.697. The third-order valence-electron chi connectivity index (χ3n) is 4.91. The Balaban J connectivity index is 1.38. The topological polar surface area (TPSA) is 85.5 Å². The Morgan fingerprint density at radius 1 is 1.41 bits per heavy atom. The van der Waals surface area contributed by atoms with Crippen LogP contribution >= 0.6 is 0 Å². The summed E-state index contributed by atoms with van der Waals surface area (Å²) in [7, 11) is 1.68. The van der Waals surface area contributed by atoms with Crippen LogP contribution in [0.4, 0.5) is 4.79 Å². The van der Waals surface area contributed by atoms with Crippen LogP contribution in [0, 0.1) is 0 Å². The molecular formula is C19H24N6O2. The first-order valence-electron chi connectivity index (χ1n) is 9.25. The van der Waals surface area contributed by atoms with E-state index in [1.54, 1.807) is 17.8 Å². The van der Waals surface area contributed by atoms with Gasteiger partial charge >= 0.3 is 6.03 Å². The van der Waals surface area contributed by atoms with E-state index in [-0.39, 0.29) is 12.1 Å². The van der Waals surface area contributed by atoms with E-state index in [1.807, 2.05) is 29.1 Å². The van der Waals surface area contributed by atoms with Crippen molar-refractivity contribution in [3.05, 3.63) is 53.6 Å². The highest BCUT2D eigenvalue weighted by Crippen LogP contribution is 2.28. The molecule has 8 nitrogen and oxygen atoms in total. The molecule has 0 saturated carbocycles. The number of hydrogen-bond donors (Lipinski definition) is 2. The number of pyridine rings is 1. The number of urea groups is 1. The molecule has 8 heteroatoms. The molecule has 4 rings (SSSR count). The Morgan fingerprint density at radius 3 is 3.22 bits per heavy atom. The molecule has 2 N–H and O–H groups in total. The van der Waals surface area contributed by atoms with Crippen molar-refractivity contribution in [1.29, 1.82) is 0 Å². The number of fused-ring (bicyclic) bond motifs is 2. The minimum Gasteiger partial charge on any atom is -0.383 e. The van der Waals surface area contributed by atoms with Crippen molar-refractivity contribution in [2.45, 2.75) is 38.4 Å². The van der Waals surface area contributed by atoms with Crippen molar-refractivity contribution in [3.63, 3.8) is 0 Å². The highest BCUT2D eigenvalue weighted by molar-refractivity contribution is 5.74. The highest BCUT2D eigenvalue weighted by atomic mass is 16.5. The van der Waals surface area contributed by atoms with E-state index >= 15 is 0 Å². The first-order chi connectivity index (χ1) is 13.2. The van der Waals surface area contributed by atoms with Crippen molar-refractivity contribution in [2.24, 2.45) is 0 Å². The van der Waals surface area contributed by atoms with Gasteiger partial charge in [-0.2, -0.15) is 10.2 Å². The van der Waals surface area contributed by atoms with Gasteiger partial charge in [0.05, 0.1) is 36.6 Å². The van der Waals surface area contributed by atoms with Crippen LogP contribution in [-0.2, 0) is 24.2 Å². The number of aromatic nitrogens is 4. The van der Waals surface area contributed by atoms with Gasteiger partial charge < -0.3 is 15.4 Å². The molecule has 0 spiro atoms. The number of carbonyl (C=O) groups is 1. The standard InChI is InChI=1S/C19H24N6O2/c1-27-10-9-24-13-14-5-4-6-16(18(14)23-24)22-19(26)20-11-15-12-21-25-8-3-2-7-17(15)25/h2-3,7-8,12-13,16H,4-6,9-11H2,1H3,(H2,20,22,26). The van der Waals surface area contributed by atoms with E-state index in [0.29, 0.717) is 13.2 Å². The van der Waals surface area contributed by atoms with Crippen molar-refractivity contribution in [1.82, 2.24) is 30.0 Å². The van der Waals surface area contributed by atoms with Crippen molar-refractivity contribution >= 4 is 11.5 Å². The van der Waals surface area contributed by atoms with E-state index in [2.05, 4.69) is 27.0 Å². The molecule has 1 atom stereocenters. The fourth-order valence-electron chi connectivity index (χ4n) is 3.55. The third kappa shape index (κ3) is 3.80. The van der Waals surface area contributed by atoms with Gasteiger partial charge in [-0.3, -0.25) is 4.68 Å². The summed E-state index contributed by atoms with van der Waals surface area (Å²) >= 11 is 0. The van der Waals surface area contributed by atoms with Gasteiger partial charge in [-0.05, 0) is 37.0 Å². The molecule has 27 heavy (non-hydrogen) atoms. The van der Waals surface area contributed by atoms with Crippen LogP contribution in [0.15, 0.2) is 36.8 Å². The van der Waals surface area contributed by atoms with Gasteiger partial charge in [-0.15, -0.1) is 0 Å². The number of rotatable bonds is 6. The second-order valence-corrected chi connectivity index (χ2v) is 6.77. The summed E-state index contributed by atoms with van der Waals surface area (Å²) in [4.78, 5) is 12.4. The highest BCUT2D eigenvalue weighted by Gasteiger charge is 2.25. The van der Waals surface area contributed by atoms with Gasteiger partial charge in [0.25, 0.3) is 0 Å². The monoisotopic (exact) mass is 368 g/mol. The van der Waals surface area contributed by atoms with Crippen LogP contribution in [-0.4, -0.2) is 39.1 Å². The van der Waals surface area contributed by atoms with Crippen LogP contribution < -0.4 is 10.6 Å². The second kappa shape index (κ2) is 7.79. The van der Waals surface area contributed by atoms with Crippen LogP contribution in [0.3, 0.4) is 0 Å². The molecule has 1 aliphatic carbocycles. The fraction of sp³-hybridized carbons (Fsp3) is 0.421. The second-order valence-electron chi connectivity index (χ2n) is 6.77. The van der Waals surface area contributed by atoms with Gasteiger partial charge in [-0.25, -0.2) is 9.31 Å². The molecule has 3 heterocycles. The summed E-state index contributed by atoms with van der Waals surface area (Å²) in [6.45, 7) is 1.77. The number of hydrogen-bond acceptors (Lipinski definition) is 4. The predicted octanol–water partition coefficient (Wildman–Crippen LogP) is 2.05. The molecule has 3 aromatic rings. The van der Waals surface area contributed by atoms with Crippen molar-refractivity contribution < 1.29 is 9.53 Å². The number of aryl methyl sites for hydroxylation is 1. The molecule has 0 aliphatic heterocycles. The average molecular weight is 368 g/mol. The molecule has 2 amide bonds. The average Bonchev–Trinajstić information content (AvgIpc) is 3.29. The number of amides is 2. The lowest BCUT2D eigenvalue weighted by Crippen LogP contribution is -2.38. The molecule has 0 bridgehead atoms. The van der Waals surface area contributed by atoms with E-state index < -0.39 is 0 Å². The van der Waals surface area contributed by atoms with Crippen LogP contribution in [0.2, 0.25) is 0 Å². The normalized spacial score (nSPS) is 16.3. The molecule has 0 aromatic carbocycles. The zero-order chi connectivity index (χ0) is 18.6. The number of ether oxygens (including phenoxy) is 1. The lowest BCUT2D eigenvalue weighted by atomic mass is 9.94. The Labute approximate surface area is 157 Å². The van der Waals surface area contributed by atoms with Gasteiger partial charge in [-0.1, -0.05) is 6.07 Å². The van der Waals surface area contributed by atoms with Crippen LogP contribution in [0.1, 0.15) is 35.7 Å². The summed E-state index contributed by atoms with van der Waals surface area (Å²) in [6.07, 6.45) is 8.69. The minimum absolute atomic E-state index is 0.0542. The first kappa shape index (κ1) is 17.5. The maximum atomic E-state index is 12.4. The van der Waals surface area contributed by atoms with Gasteiger partial charge in [0.15, 0.2) is 0 Å². The Morgan fingerprint density at radius 2 is 2.33 bits per heavy atom. The molecular weight excluding hydrogens is 344 g/mol. The SMILES string of the molecule is COCCn1cc2c(n1)C(NC(=O)NCc1cnn3ccccc13)CCC2. The van der Waals surface area contributed by atoms with Crippen molar-refractivity contribution in [3.8, 4) is 0 Å². The van der Waals surface area contributed by atoms with Gasteiger partial charge in [0, 0.05) is 31.6 Å². The summed E-state index contributed by atoms with van der Waals surface area (Å²) in [5.41, 5.74) is 4.17. The Bertz CT molecular complexity index is 931. The van der Waals surface area contributed by atoms with E-state index in [4.69, 9.17) is 4.74 Å². The molecule has 1 unspecified atom stereocenters. The molecule has 3 aromatic heterocycles. The molecule has 1 aliphatic rings. The maximum Gasteiger partial charge on any atom is 0.315 e. The zero-order valence-electron chi connectivity index (χ0n) is 15.4. The largest absolute Gasteiger partial charge is 0.383 e. The predicted molar refractivity (Wildman–Crippen MR) is 100 cm³/mol. The number of carbonyl (C=O) groups excluding carboxylic acids is 1. The minimum atomic E-state index is -0.186. The number of methoxy groups -OCH3 is 1. The fourth-order valence-corrected chi connectivity index (χ4v) is 3.55. The molecule has 0 fully saturated rings. The molecule has 0 radical (unpaired) electrons. The first-order valence-corrected chi connectivity index (χ1v) is 9.25. The zero-order valence-corrected chi connectivity index (χ0v) is 15.4. The van der Waals surface area contributed by atoms with Gasteiger partial charge in [0.1, 0.15) is 0 Å². The van der Waals surface area contributed by atoms with E-state index in [0.717, 1.165) is 42.6 Å². The van der Waals surface area contributed by atoms with Crippen LogP contribution in [0.25, 0.3) is 5.52 Å². The maximum absolute atomic E-state index is 12.4. The van der Waals surface area contributed by atoms with Crippen molar-refractivity contribution in [2.75, 3.05) is 13.7 Å². The van der Waals surface area contributed by atoms with Crippen LogP contribution in [0.5, 0.6) is 0 Å². The van der Waals surface area contributed by atoms with E-state index in [9.17, 15) is 4.79 Å². The molecule has 142 valence electrons. The van der Waals surface area contributed by atoms with E-state index in [1.165, 1.54) is 5.56 Å². The number of nitrogens with one attached hydrogen (secondary N) is 2. The third-order valence-corrected chi connectivity index (χ3v) is 4.91. The summed E-state index contributed by atoms with van der Waals surface area (Å²) in [5, 5.41) is 15.0. The Hall–Kier alpha value is -2.87. The Kier molecular flexibility index (Phi) is 5.06. The van der Waals surface area contributed by atoms with Gasteiger partial charge in [0.2, 0.25) is 0 Å². The lowest BCUT2D eigenvalue weighted by Gasteiger charge is -2.22. The summed E-state index contributed by atoms with van der Waals surface area (Å²) < 4.78 is 8.83. The summed E-state index contributed by atoms with van der Waals surface area (Å²) in [5.74, 6) is 0. The summed E-state index contributed by atoms with van der Waals surface area (Å²) in [6, 6.07) is 5.64. The molecule has 0 saturated heterocycles.